The Bertz CT molecular complexity index is 827. The lowest BCUT2D eigenvalue weighted by Gasteiger charge is -2.31. The van der Waals surface area contributed by atoms with Crippen molar-refractivity contribution < 1.29 is 14.0 Å². The lowest BCUT2D eigenvalue weighted by molar-refractivity contribution is -0.121. The monoisotopic (exact) mass is 353 g/mol. The molecule has 0 aliphatic carbocycles. The molecule has 2 fully saturated rings. The maximum atomic E-state index is 14.5. The number of amides is 2. The Morgan fingerprint density at radius 3 is 2.85 bits per heavy atom. The molecule has 0 radical (unpaired) electrons. The van der Waals surface area contributed by atoms with E-state index in [0.717, 1.165) is 6.42 Å². The van der Waals surface area contributed by atoms with E-state index in [9.17, 15) is 14.0 Å². The van der Waals surface area contributed by atoms with Gasteiger partial charge in [0, 0.05) is 24.4 Å². The molecule has 5 nitrogen and oxygen atoms in total. The minimum Gasteiger partial charge on any atom is -0.351 e. The molecule has 0 unspecified atom stereocenters. The van der Waals surface area contributed by atoms with Gasteiger partial charge in [0.1, 0.15) is 5.82 Å². The van der Waals surface area contributed by atoms with Gasteiger partial charge < -0.3 is 10.2 Å². The third-order valence-electron chi connectivity index (χ3n) is 5.29. The molecular formula is C20H20FN3O2. The van der Waals surface area contributed by atoms with Crippen LogP contribution in [0.4, 0.5) is 4.39 Å². The van der Waals surface area contributed by atoms with Crippen molar-refractivity contribution in [2.24, 2.45) is 0 Å². The Morgan fingerprint density at radius 2 is 2.08 bits per heavy atom. The van der Waals surface area contributed by atoms with Crippen molar-refractivity contribution in [3.63, 3.8) is 0 Å². The molecule has 2 aliphatic heterocycles. The SMILES string of the molecule is O=C1CCC[C@H]2[C@@H](C[C@@H](c3ccccc3F)N2C(=O)c2cccnc2)N1. The third kappa shape index (κ3) is 2.96. The van der Waals surface area contributed by atoms with Crippen LogP contribution >= 0.6 is 0 Å². The van der Waals surface area contributed by atoms with E-state index in [1.165, 1.54) is 12.3 Å². The summed E-state index contributed by atoms with van der Waals surface area (Å²) in [5.74, 6) is -0.500. The number of halogens is 1. The summed E-state index contributed by atoms with van der Waals surface area (Å²) < 4.78 is 14.5. The van der Waals surface area contributed by atoms with Crippen LogP contribution in [-0.4, -0.2) is 33.8 Å². The highest BCUT2D eigenvalue weighted by Crippen LogP contribution is 2.41. The first-order valence-electron chi connectivity index (χ1n) is 8.91. The number of likely N-dealkylation sites (tertiary alicyclic amines) is 1. The fourth-order valence-corrected chi connectivity index (χ4v) is 4.13. The number of pyridine rings is 1. The summed E-state index contributed by atoms with van der Waals surface area (Å²) in [4.78, 5) is 31.0. The lowest BCUT2D eigenvalue weighted by atomic mass is 10.0. The van der Waals surface area contributed by atoms with Crippen LogP contribution in [0.15, 0.2) is 48.8 Å². The molecule has 0 bridgehead atoms. The second kappa shape index (κ2) is 6.86. The summed E-state index contributed by atoms with van der Waals surface area (Å²) in [6.07, 6.45) is 5.57. The fourth-order valence-electron chi connectivity index (χ4n) is 4.13. The number of carbonyl (C=O) groups excluding carboxylic acids is 2. The first kappa shape index (κ1) is 16.7. The largest absolute Gasteiger partial charge is 0.351 e. The predicted octanol–water partition coefficient (Wildman–Crippen LogP) is 2.85. The number of nitrogens with one attached hydrogen (secondary N) is 1. The zero-order chi connectivity index (χ0) is 18.1. The summed E-state index contributed by atoms with van der Waals surface area (Å²) in [6, 6.07) is 9.28. The van der Waals surface area contributed by atoms with Gasteiger partial charge in [-0.05, 0) is 37.5 Å². The van der Waals surface area contributed by atoms with Crippen LogP contribution in [0.25, 0.3) is 0 Å². The number of aromatic nitrogens is 1. The maximum Gasteiger partial charge on any atom is 0.256 e. The molecule has 1 N–H and O–H groups in total. The van der Waals surface area contributed by atoms with Crippen molar-refractivity contribution >= 4 is 11.8 Å². The van der Waals surface area contributed by atoms with Gasteiger partial charge in [0.05, 0.1) is 23.7 Å². The van der Waals surface area contributed by atoms with Gasteiger partial charge in [0.2, 0.25) is 5.91 Å². The lowest BCUT2D eigenvalue weighted by Crippen LogP contribution is -2.45. The van der Waals surface area contributed by atoms with Gasteiger partial charge in [0.15, 0.2) is 0 Å². The summed E-state index contributed by atoms with van der Waals surface area (Å²) in [7, 11) is 0. The summed E-state index contributed by atoms with van der Waals surface area (Å²) in [5.41, 5.74) is 0.970. The van der Waals surface area contributed by atoms with Crippen LogP contribution in [0.1, 0.15) is 47.6 Å². The van der Waals surface area contributed by atoms with E-state index in [2.05, 4.69) is 10.3 Å². The van der Waals surface area contributed by atoms with Crippen molar-refractivity contribution in [3.8, 4) is 0 Å². The summed E-state index contributed by atoms with van der Waals surface area (Å²) >= 11 is 0. The summed E-state index contributed by atoms with van der Waals surface area (Å²) in [6.45, 7) is 0. The molecule has 1 aromatic heterocycles. The van der Waals surface area contributed by atoms with Gasteiger partial charge in [-0.15, -0.1) is 0 Å². The summed E-state index contributed by atoms with van der Waals surface area (Å²) in [5, 5.41) is 3.03. The van der Waals surface area contributed by atoms with Crippen molar-refractivity contribution in [3.05, 3.63) is 65.7 Å². The van der Waals surface area contributed by atoms with Crippen LogP contribution in [0, 0.1) is 5.82 Å². The molecule has 3 heterocycles. The van der Waals surface area contributed by atoms with Crippen LogP contribution in [-0.2, 0) is 4.79 Å². The molecule has 6 heteroatoms. The number of carbonyl (C=O) groups is 2. The number of nitrogens with zero attached hydrogens (tertiary/aromatic N) is 2. The zero-order valence-electron chi connectivity index (χ0n) is 14.3. The quantitative estimate of drug-likeness (QED) is 0.903. The Balaban J connectivity index is 1.75. The first-order chi connectivity index (χ1) is 12.6. The highest BCUT2D eigenvalue weighted by Gasteiger charge is 2.46. The van der Waals surface area contributed by atoms with E-state index in [-0.39, 0.29) is 29.7 Å². The Labute approximate surface area is 151 Å². The van der Waals surface area contributed by atoms with Crippen LogP contribution in [0.5, 0.6) is 0 Å². The predicted molar refractivity (Wildman–Crippen MR) is 93.7 cm³/mol. The van der Waals surface area contributed by atoms with Gasteiger partial charge in [-0.3, -0.25) is 14.6 Å². The molecule has 134 valence electrons. The second-order valence-electron chi connectivity index (χ2n) is 6.86. The van der Waals surface area contributed by atoms with E-state index in [0.29, 0.717) is 30.4 Å². The minimum absolute atomic E-state index is 0.000426. The molecule has 2 saturated heterocycles. The van der Waals surface area contributed by atoms with E-state index in [4.69, 9.17) is 0 Å². The van der Waals surface area contributed by atoms with Crippen LogP contribution in [0.3, 0.4) is 0 Å². The second-order valence-corrected chi connectivity index (χ2v) is 6.86. The van der Waals surface area contributed by atoms with Crippen molar-refractivity contribution in [1.29, 1.82) is 0 Å². The molecule has 2 amide bonds. The molecule has 3 atom stereocenters. The van der Waals surface area contributed by atoms with Crippen molar-refractivity contribution in [2.45, 2.75) is 43.8 Å². The van der Waals surface area contributed by atoms with Gasteiger partial charge in [-0.1, -0.05) is 18.2 Å². The van der Waals surface area contributed by atoms with Crippen LogP contribution < -0.4 is 5.32 Å². The smallest absolute Gasteiger partial charge is 0.256 e. The number of hydrogen-bond acceptors (Lipinski definition) is 3. The Morgan fingerprint density at radius 1 is 1.23 bits per heavy atom. The number of rotatable bonds is 2. The van der Waals surface area contributed by atoms with Gasteiger partial charge >= 0.3 is 0 Å². The molecule has 0 spiro atoms. The topological polar surface area (TPSA) is 62.3 Å². The number of hydrogen-bond donors (Lipinski definition) is 1. The van der Waals surface area contributed by atoms with Gasteiger partial charge in [-0.2, -0.15) is 0 Å². The van der Waals surface area contributed by atoms with Crippen molar-refractivity contribution in [2.75, 3.05) is 0 Å². The molecule has 2 aliphatic rings. The highest BCUT2D eigenvalue weighted by atomic mass is 19.1. The minimum atomic E-state index is -0.405. The maximum absolute atomic E-state index is 14.5. The van der Waals surface area contributed by atoms with Gasteiger partial charge in [-0.25, -0.2) is 4.39 Å². The number of fused-ring (bicyclic) bond motifs is 1. The average molecular weight is 353 g/mol. The first-order valence-corrected chi connectivity index (χ1v) is 8.91. The number of benzene rings is 1. The molecule has 4 rings (SSSR count). The third-order valence-corrected chi connectivity index (χ3v) is 5.29. The Hall–Kier alpha value is -2.76. The molecule has 26 heavy (non-hydrogen) atoms. The normalized spacial score (nSPS) is 25.3. The zero-order valence-corrected chi connectivity index (χ0v) is 14.3. The molecule has 2 aromatic rings. The molecular weight excluding hydrogens is 333 g/mol. The molecule has 1 aromatic carbocycles. The average Bonchev–Trinajstić information content (AvgIpc) is 2.89. The van der Waals surface area contributed by atoms with Gasteiger partial charge in [0.25, 0.3) is 5.91 Å². The molecule has 0 saturated carbocycles. The van der Waals surface area contributed by atoms with E-state index >= 15 is 0 Å². The Kier molecular flexibility index (Phi) is 4.41. The highest BCUT2D eigenvalue weighted by molar-refractivity contribution is 5.95. The fraction of sp³-hybridized carbons (Fsp3) is 0.350. The van der Waals surface area contributed by atoms with E-state index in [1.807, 2.05) is 0 Å². The van der Waals surface area contributed by atoms with Crippen LogP contribution in [0.2, 0.25) is 0 Å². The van der Waals surface area contributed by atoms with Crippen molar-refractivity contribution in [1.82, 2.24) is 15.2 Å². The standard InChI is InChI=1S/C20H20FN3O2/c21-15-7-2-1-6-14(15)18-11-16-17(8-3-9-19(25)23-16)24(18)20(26)13-5-4-10-22-12-13/h1-2,4-7,10,12,16-18H,3,8-9,11H2,(H,23,25)/t16-,17+,18+/m1/s1. The van der Waals surface area contributed by atoms with E-state index < -0.39 is 6.04 Å². The van der Waals surface area contributed by atoms with E-state index in [1.54, 1.807) is 41.4 Å².